The molecule has 132 valence electrons. The van der Waals surface area contributed by atoms with Gasteiger partial charge in [0.05, 0.1) is 10.6 Å². The van der Waals surface area contributed by atoms with Crippen molar-refractivity contribution in [1.82, 2.24) is 14.9 Å². The van der Waals surface area contributed by atoms with E-state index in [1.807, 2.05) is 47.4 Å². The number of amides is 1. The third kappa shape index (κ3) is 3.70. The molecule has 1 saturated carbocycles. The van der Waals surface area contributed by atoms with Crippen LogP contribution in [0.1, 0.15) is 37.8 Å². The summed E-state index contributed by atoms with van der Waals surface area (Å²) in [5.74, 6) is 0.657. The molecule has 2 aliphatic rings. The molecule has 5 nitrogen and oxygen atoms in total. The number of hydrogen-bond acceptors (Lipinski definition) is 5. The quantitative estimate of drug-likeness (QED) is 0.757. The van der Waals surface area contributed by atoms with Crippen LogP contribution in [-0.4, -0.2) is 32.0 Å². The lowest BCUT2D eigenvalue weighted by atomic mass is 9.94. The SMILES string of the molecule is O=C1/C(=C/c2ccccn2)S/C(=N/c2ccccn2)N1C1CCCCC1. The van der Waals surface area contributed by atoms with Crippen LogP contribution in [0.2, 0.25) is 0 Å². The molecule has 0 radical (unpaired) electrons. The van der Waals surface area contributed by atoms with Crippen LogP contribution in [0.3, 0.4) is 0 Å². The Kier molecular flexibility index (Phi) is 5.11. The van der Waals surface area contributed by atoms with Crippen LogP contribution >= 0.6 is 11.8 Å². The Hall–Kier alpha value is -2.47. The summed E-state index contributed by atoms with van der Waals surface area (Å²) < 4.78 is 0. The van der Waals surface area contributed by atoms with Gasteiger partial charge in [0.25, 0.3) is 5.91 Å². The number of aromatic nitrogens is 2. The van der Waals surface area contributed by atoms with Crippen molar-refractivity contribution in [2.75, 3.05) is 0 Å². The Balaban J connectivity index is 1.69. The normalized spacial score (nSPS) is 21.7. The summed E-state index contributed by atoms with van der Waals surface area (Å²) in [5, 5.41) is 0.725. The molecule has 26 heavy (non-hydrogen) atoms. The van der Waals surface area contributed by atoms with E-state index in [1.165, 1.54) is 18.2 Å². The van der Waals surface area contributed by atoms with E-state index in [0.29, 0.717) is 10.7 Å². The Bertz CT molecular complexity index is 829. The number of pyridine rings is 2. The molecule has 0 spiro atoms. The van der Waals surface area contributed by atoms with Crippen molar-refractivity contribution >= 4 is 34.7 Å². The number of carbonyl (C=O) groups is 1. The maximum absolute atomic E-state index is 13.1. The van der Waals surface area contributed by atoms with Crippen molar-refractivity contribution in [2.45, 2.75) is 38.1 Å². The second kappa shape index (κ2) is 7.83. The molecule has 0 bridgehead atoms. The fraction of sp³-hybridized carbons (Fsp3) is 0.300. The van der Waals surface area contributed by atoms with Crippen LogP contribution in [0.15, 0.2) is 58.7 Å². The second-order valence-electron chi connectivity index (χ2n) is 6.41. The molecule has 0 unspecified atom stereocenters. The third-order valence-electron chi connectivity index (χ3n) is 4.60. The van der Waals surface area contributed by atoms with Crippen molar-refractivity contribution < 1.29 is 4.79 Å². The first-order valence-corrected chi connectivity index (χ1v) is 9.77. The lowest BCUT2D eigenvalue weighted by molar-refractivity contribution is -0.124. The Labute approximate surface area is 157 Å². The summed E-state index contributed by atoms with van der Waals surface area (Å²) in [4.78, 5) is 28.9. The highest BCUT2D eigenvalue weighted by Crippen LogP contribution is 2.38. The number of nitrogens with zero attached hydrogens (tertiary/aromatic N) is 4. The van der Waals surface area contributed by atoms with Crippen LogP contribution in [0, 0.1) is 0 Å². The second-order valence-corrected chi connectivity index (χ2v) is 7.42. The molecule has 2 aromatic heterocycles. The zero-order valence-corrected chi connectivity index (χ0v) is 15.2. The summed E-state index contributed by atoms with van der Waals surface area (Å²) in [7, 11) is 0. The molecular formula is C20H20N4OS. The van der Waals surface area contributed by atoms with Gasteiger partial charge in [-0.25, -0.2) is 9.98 Å². The highest BCUT2D eigenvalue weighted by molar-refractivity contribution is 8.18. The van der Waals surface area contributed by atoms with E-state index >= 15 is 0 Å². The Morgan fingerprint density at radius 2 is 1.81 bits per heavy atom. The van der Waals surface area contributed by atoms with Gasteiger partial charge in [-0.3, -0.25) is 14.7 Å². The monoisotopic (exact) mass is 364 g/mol. The minimum atomic E-state index is 0.0298. The van der Waals surface area contributed by atoms with Crippen molar-refractivity contribution in [3.63, 3.8) is 0 Å². The van der Waals surface area contributed by atoms with E-state index in [1.54, 1.807) is 12.4 Å². The Morgan fingerprint density at radius 1 is 1.04 bits per heavy atom. The highest BCUT2D eigenvalue weighted by Gasteiger charge is 2.38. The number of hydrogen-bond donors (Lipinski definition) is 0. The van der Waals surface area contributed by atoms with E-state index in [0.717, 1.165) is 36.5 Å². The molecule has 0 atom stereocenters. The third-order valence-corrected chi connectivity index (χ3v) is 5.59. The average molecular weight is 364 g/mol. The molecule has 3 heterocycles. The van der Waals surface area contributed by atoms with Gasteiger partial charge in [-0.2, -0.15) is 0 Å². The van der Waals surface area contributed by atoms with Gasteiger partial charge in [-0.1, -0.05) is 31.4 Å². The molecule has 1 aliphatic heterocycles. The van der Waals surface area contributed by atoms with Crippen molar-refractivity contribution in [3.8, 4) is 0 Å². The first kappa shape index (κ1) is 17.0. The van der Waals surface area contributed by atoms with Crippen LogP contribution in [0.4, 0.5) is 5.82 Å². The van der Waals surface area contributed by atoms with Crippen molar-refractivity contribution in [3.05, 3.63) is 59.4 Å². The summed E-state index contributed by atoms with van der Waals surface area (Å²) in [5.41, 5.74) is 0.783. The molecule has 2 aromatic rings. The van der Waals surface area contributed by atoms with E-state index in [2.05, 4.69) is 15.0 Å². The molecule has 1 aliphatic carbocycles. The standard InChI is InChI=1S/C20H20N4OS/c25-19-17(14-15-8-4-6-12-21-15)26-20(23-18-11-5-7-13-22-18)24(19)16-9-2-1-3-10-16/h4-8,11-14,16H,1-3,9-10H2/b17-14-,23-20+. The summed E-state index contributed by atoms with van der Waals surface area (Å²) in [6.45, 7) is 0. The molecule has 2 fully saturated rings. The van der Waals surface area contributed by atoms with E-state index in [4.69, 9.17) is 0 Å². The van der Waals surface area contributed by atoms with Crippen molar-refractivity contribution in [2.24, 2.45) is 4.99 Å². The van der Waals surface area contributed by atoms with Gasteiger partial charge in [0.2, 0.25) is 0 Å². The molecule has 1 saturated heterocycles. The van der Waals surface area contributed by atoms with Gasteiger partial charge in [-0.15, -0.1) is 0 Å². The predicted molar refractivity (Wildman–Crippen MR) is 105 cm³/mol. The molecule has 0 N–H and O–H groups in total. The van der Waals surface area contributed by atoms with Crippen LogP contribution in [-0.2, 0) is 4.79 Å². The van der Waals surface area contributed by atoms with Gasteiger partial charge in [0.15, 0.2) is 11.0 Å². The van der Waals surface area contributed by atoms with E-state index in [9.17, 15) is 4.79 Å². The number of amidine groups is 1. The maximum atomic E-state index is 13.1. The molecule has 1 amide bonds. The van der Waals surface area contributed by atoms with Gasteiger partial charge >= 0.3 is 0 Å². The summed E-state index contributed by atoms with van der Waals surface area (Å²) in [6, 6.07) is 11.5. The fourth-order valence-corrected chi connectivity index (χ4v) is 4.37. The minimum absolute atomic E-state index is 0.0298. The first-order valence-electron chi connectivity index (χ1n) is 8.95. The largest absolute Gasteiger partial charge is 0.283 e. The lowest BCUT2D eigenvalue weighted by Gasteiger charge is -2.30. The minimum Gasteiger partial charge on any atom is -0.283 e. The topological polar surface area (TPSA) is 58.5 Å². The van der Waals surface area contributed by atoms with Gasteiger partial charge in [0.1, 0.15) is 0 Å². The van der Waals surface area contributed by atoms with Gasteiger partial charge in [-0.05, 0) is 54.9 Å². The summed E-state index contributed by atoms with van der Waals surface area (Å²) >= 11 is 1.42. The van der Waals surface area contributed by atoms with E-state index in [-0.39, 0.29) is 11.9 Å². The maximum Gasteiger partial charge on any atom is 0.267 e. The zero-order chi connectivity index (χ0) is 17.8. The molecular weight excluding hydrogens is 344 g/mol. The number of carbonyl (C=O) groups excluding carboxylic acids is 1. The smallest absolute Gasteiger partial charge is 0.267 e. The van der Waals surface area contributed by atoms with Crippen LogP contribution < -0.4 is 0 Å². The van der Waals surface area contributed by atoms with Crippen LogP contribution in [0.25, 0.3) is 6.08 Å². The summed E-state index contributed by atoms with van der Waals surface area (Å²) in [6.07, 6.45) is 10.9. The molecule has 0 aromatic carbocycles. The molecule has 6 heteroatoms. The lowest BCUT2D eigenvalue weighted by Crippen LogP contribution is -2.40. The van der Waals surface area contributed by atoms with Gasteiger partial charge in [0, 0.05) is 18.4 Å². The predicted octanol–water partition coefficient (Wildman–Crippen LogP) is 4.41. The fourth-order valence-electron chi connectivity index (χ4n) is 3.34. The number of rotatable bonds is 3. The highest BCUT2D eigenvalue weighted by atomic mass is 32.2. The number of aliphatic imine (C=N–C) groups is 1. The van der Waals surface area contributed by atoms with Crippen LogP contribution in [0.5, 0.6) is 0 Å². The van der Waals surface area contributed by atoms with Crippen molar-refractivity contribution in [1.29, 1.82) is 0 Å². The number of thioether (sulfide) groups is 1. The first-order chi connectivity index (χ1) is 12.8. The van der Waals surface area contributed by atoms with Gasteiger partial charge < -0.3 is 0 Å². The zero-order valence-electron chi connectivity index (χ0n) is 14.4. The Morgan fingerprint density at radius 3 is 2.50 bits per heavy atom. The average Bonchev–Trinajstić information content (AvgIpc) is 2.99. The van der Waals surface area contributed by atoms with E-state index < -0.39 is 0 Å². The molecule has 4 rings (SSSR count).